The topological polar surface area (TPSA) is 83.8 Å². The molecule has 8 heteroatoms. The second-order valence-electron chi connectivity index (χ2n) is 6.13. The van der Waals surface area contributed by atoms with E-state index in [1.807, 2.05) is 52.8 Å². The highest BCUT2D eigenvalue weighted by molar-refractivity contribution is 7.93. The summed E-state index contributed by atoms with van der Waals surface area (Å²) in [5.74, 6) is 0. The lowest BCUT2D eigenvalue weighted by Gasteiger charge is -2.25. The third-order valence-corrected chi connectivity index (χ3v) is 6.46. The minimum absolute atomic E-state index is 0.0842. The van der Waals surface area contributed by atoms with Gasteiger partial charge in [0.05, 0.1) is 23.2 Å². The van der Waals surface area contributed by atoms with E-state index in [1.165, 1.54) is 4.31 Å². The summed E-state index contributed by atoms with van der Waals surface area (Å²) in [6, 6.07) is 17.6. The molecule has 1 aromatic heterocycles. The van der Waals surface area contributed by atoms with Crippen LogP contribution in [0.2, 0.25) is 0 Å². The number of fused-ring (bicyclic) bond motifs is 1. The van der Waals surface area contributed by atoms with Gasteiger partial charge >= 0.3 is 0 Å². The number of anilines is 1. The zero-order valence-electron chi connectivity index (χ0n) is 14.4. The highest BCUT2D eigenvalue weighted by atomic mass is 32.2. The normalized spacial score (nSPS) is 17.8. The smallest absolute Gasteiger partial charge is 0.265 e. The average Bonchev–Trinajstić information content (AvgIpc) is 3.29. The Hall–Kier alpha value is -2.65. The fourth-order valence-corrected chi connectivity index (χ4v) is 5.23. The molecule has 2 aromatic carbocycles. The first-order valence-corrected chi connectivity index (χ1v) is 9.88. The van der Waals surface area contributed by atoms with E-state index >= 15 is 0 Å². The van der Waals surface area contributed by atoms with Crippen LogP contribution in [0.4, 0.5) is 5.69 Å². The van der Waals surface area contributed by atoms with Crippen LogP contribution in [0.25, 0.3) is 5.69 Å². The van der Waals surface area contributed by atoms with Gasteiger partial charge in [0, 0.05) is 18.1 Å². The van der Waals surface area contributed by atoms with Crippen LogP contribution >= 0.6 is 0 Å². The van der Waals surface area contributed by atoms with Gasteiger partial charge in [0.25, 0.3) is 10.0 Å². The fourth-order valence-electron chi connectivity index (χ4n) is 3.36. The van der Waals surface area contributed by atoms with E-state index in [-0.39, 0.29) is 18.2 Å². The number of nitrogens with zero attached hydrogens (tertiary/aromatic N) is 2. The second kappa shape index (κ2) is 7.16. The van der Waals surface area contributed by atoms with E-state index in [0.29, 0.717) is 11.3 Å². The minimum Gasteiger partial charge on any atom is -0.362 e. The molecule has 0 saturated carbocycles. The minimum atomic E-state index is -3.69. The van der Waals surface area contributed by atoms with Crippen LogP contribution in [0.1, 0.15) is 11.6 Å². The number of rotatable bonds is 6. The van der Waals surface area contributed by atoms with Crippen molar-refractivity contribution in [3.05, 3.63) is 78.6 Å². The maximum Gasteiger partial charge on any atom is 0.265 e. The fraction of sp³-hybridized carbons (Fsp3) is 0.158. The number of nitrogens with one attached hydrogen (secondary N) is 1. The van der Waals surface area contributed by atoms with Crippen LogP contribution in [0.15, 0.2) is 78.0 Å². The Bertz CT molecular complexity index is 1020. The predicted octanol–water partition coefficient (Wildman–Crippen LogP) is 2.68. The summed E-state index contributed by atoms with van der Waals surface area (Å²) in [5.41, 5.74) is 4.11. The van der Waals surface area contributed by atoms with E-state index in [4.69, 9.17) is 9.94 Å². The van der Waals surface area contributed by atoms with Gasteiger partial charge < -0.3 is 14.5 Å². The first-order chi connectivity index (χ1) is 13.1. The van der Waals surface area contributed by atoms with Gasteiger partial charge in [0.1, 0.15) is 6.73 Å². The monoisotopic (exact) mass is 385 g/mol. The quantitative estimate of drug-likeness (QED) is 0.387. The predicted molar refractivity (Wildman–Crippen MR) is 100 cm³/mol. The summed E-state index contributed by atoms with van der Waals surface area (Å²) in [6.07, 6.45) is 3.85. The van der Waals surface area contributed by atoms with Crippen LogP contribution in [0, 0.1) is 0 Å². The third kappa shape index (κ3) is 3.13. The number of benzene rings is 2. The van der Waals surface area contributed by atoms with Crippen molar-refractivity contribution >= 4 is 15.7 Å². The van der Waals surface area contributed by atoms with Gasteiger partial charge in [-0.05, 0) is 48.0 Å². The molecule has 0 amide bonds. The van der Waals surface area contributed by atoms with Crippen LogP contribution in [-0.2, 0) is 14.8 Å². The van der Waals surface area contributed by atoms with Crippen LogP contribution in [-0.4, -0.2) is 31.5 Å². The molecular formula is C19H19N3O4S. The SMILES string of the molecule is O=S1(=O)c2ccccc2C(COCNO)N1c1ccc(-n2cccc2)cc1. The number of hydroxylamine groups is 1. The average molecular weight is 385 g/mol. The van der Waals surface area contributed by atoms with E-state index in [2.05, 4.69) is 0 Å². The molecule has 0 bridgehead atoms. The Kier molecular flexibility index (Phi) is 4.71. The van der Waals surface area contributed by atoms with Crippen molar-refractivity contribution < 1.29 is 18.4 Å². The molecule has 140 valence electrons. The molecule has 0 radical (unpaired) electrons. The summed E-state index contributed by atoms with van der Waals surface area (Å²) in [6.45, 7) is 0.0300. The lowest BCUT2D eigenvalue weighted by atomic mass is 10.1. The lowest BCUT2D eigenvalue weighted by molar-refractivity contribution is 0.0186. The van der Waals surface area contributed by atoms with Gasteiger partial charge in [-0.15, -0.1) is 0 Å². The van der Waals surface area contributed by atoms with E-state index in [0.717, 1.165) is 5.69 Å². The number of aromatic nitrogens is 1. The van der Waals surface area contributed by atoms with Crippen LogP contribution in [0.3, 0.4) is 0 Å². The number of hydrogen-bond donors (Lipinski definition) is 2. The zero-order chi connectivity index (χ0) is 18.9. The van der Waals surface area contributed by atoms with Crippen molar-refractivity contribution in [2.75, 3.05) is 17.6 Å². The van der Waals surface area contributed by atoms with Crippen molar-refractivity contribution in [2.24, 2.45) is 0 Å². The Morgan fingerprint density at radius 1 is 0.963 bits per heavy atom. The van der Waals surface area contributed by atoms with Crippen molar-refractivity contribution in [1.82, 2.24) is 10.0 Å². The van der Waals surface area contributed by atoms with Gasteiger partial charge in [-0.2, -0.15) is 5.48 Å². The Labute approximate surface area is 157 Å². The molecule has 1 unspecified atom stereocenters. The molecule has 2 N–H and O–H groups in total. The van der Waals surface area contributed by atoms with Crippen molar-refractivity contribution in [3.8, 4) is 5.69 Å². The van der Waals surface area contributed by atoms with Crippen LogP contribution < -0.4 is 9.79 Å². The largest absolute Gasteiger partial charge is 0.362 e. The Balaban J connectivity index is 1.73. The lowest BCUT2D eigenvalue weighted by Crippen LogP contribution is -2.31. The summed E-state index contributed by atoms with van der Waals surface area (Å²) in [7, 11) is -3.69. The Morgan fingerprint density at radius 3 is 2.33 bits per heavy atom. The Morgan fingerprint density at radius 2 is 1.63 bits per heavy atom. The molecule has 0 aliphatic carbocycles. The molecule has 1 aliphatic rings. The number of sulfonamides is 1. The highest BCUT2D eigenvalue weighted by Gasteiger charge is 2.42. The highest BCUT2D eigenvalue weighted by Crippen LogP contribution is 2.42. The molecule has 0 saturated heterocycles. The molecule has 0 fully saturated rings. The standard InChI is InChI=1S/C19H19N3O4S/c23-20-14-26-13-18-17-5-1-2-6-19(17)27(24,25)22(18)16-9-7-15(8-10-16)21-11-3-4-12-21/h1-12,18,20,23H,13-14H2. The molecule has 1 aliphatic heterocycles. The summed E-state index contributed by atoms with van der Waals surface area (Å²) < 4.78 is 35.0. The summed E-state index contributed by atoms with van der Waals surface area (Å²) in [5, 5.41) is 8.73. The summed E-state index contributed by atoms with van der Waals surface area (Å²) in [4.78, 5) is 0.282. The maximum absolute atomic E-state index is 13.1. The van der Waals surface area contributed by atoms with E-state index in [9.17, 15) is 8.42 Å². The van der Waals surface area contributed by atoms with Gasteiger partial charge in [-0.3, -0.25) is 4.31 Å². The van der Waals surface area contributed by atoms with Crippen molar-refractivity contribution in [1.29, 1.82) is 0 Å². The number of hydrogen-bond acceptors (Lipinski definition) is 5. The first kappa shape index (κ1) is 17.7. The molecule has 7 nitrogen and oxygen atoms in total. The van der Waals surface area contributed by atoms with Gasteiger partial charge in [0.2, 0.25) is 0 Å². The third-order valence-electron chi connectivity index (χ3n) is 4.55. The molecular weight excluding hydrogens is 366 g/mol. The first-order valence-electron chi connectivity index (χ1n) is 8.44. The van der Waals surface area contributed by atoms with Gasteiger partial charge in [-0.1, -0.05) is 18.2 Å². The molecule has 3 aromatic rings. The summed E-state index contributed by atoms with van der Waals surface area (Å²) >= 11 is 0. The van der Waals surface area contributed by atoms with E-state index in [1.54, 1.807) is 30.3 Å². The van der Waals surface area contributed by atoms with Gasteiger partial charge in [-0.25, -0.2) is 8.42 Å². The molecule has 1 atom stereocenters. The zero-order valence-corrected chi connectivity index (χ0v) is 15.2. The van der Waals surface area contributed by atoms with Crippen LogP contribution in [0.5, 0.6) is 0 Å². The number of ether oxygens (including phenoxy) is 1. The van der Waals surface area contributed by atoms with Gasteiger partial charge in [0.15, 0.2) is 0 Å². The second-order valence-corrected chi connectivity index (χ2v) is 7.92. The molecule has 27 heavy (non-hydrogen) atoms. The maximum atomic E-state index is 13.1. The van der Waals surface area contributed by atoms with Crippen molar-refractivity contribution in [2.45, 2.75) is 10.9 Å². The molecule has 0 spiro atoms. The molecule has 4 rings (SSSR count). The molecule has 2 heterocycles. The van der Waals surface area contributed by atoms with Crippen molar-refractivity contribution in [3.63, 3.8) is 0 Å². The van der Waals surface area contributed by atoms with E-state index < -0.39 is 16.1 Å².